The highest BCUT2D eigenvalue weighted by Crippen LogP contribution is 2.47. The smallest absolute Gasteiger partial charge is 0.294 e. The molecule has 0 saturated carbocycles. The summed E-state index contributed by atoms with van der Waals surface area (Å²) in [6.07, 6.45) is -6.23. The van der Waals surface area contributed by atoms with Crippen LogP contribution in [0.5, 0.6) is 0 Å². The van der Waals surface area contributed by atoms with Crippen molar-refractivity contribution in [3.05, 3.63) is 71.7 Å². The molecule has 1 atom stereocenters. The molecule has 0 aliphatic rings. The molecule has 0 N–H and O–H groups in total. The second kappa shape index (κ2) is 8.65. The summed E-state index contributed by atoms with van der Waals surface area (Å²) < 4.78 is 55.5. The second-order valence-electron chi connectivity index (χ2n) is 5.85. The van der Waals surface area contributed by atoms with E-state index in [1.165, 1.54) is 0 Å². The van der Waals surface area contributed by atoms with Gasteiger partial charge in [0, 0.05) is 12.0 Å². The molecule has 2 aromatic rings. The van der Waals surface area contributed by atoms with E-state index in [1.54, 1.807) is 0 Å². The monoisotopic (exact) mass is 519 g/mol. The predicted octanol–water partition coefficient (Wildman–Crippen LogP) is 7.39. The van der Waals surface area contributed by atoms with Gasteiger partial charge in [-0.3, -0.25) is 4.79 Å². The number of carbonyl (C=O) groups is 1. The Hall–Kier alpha value is -1.22. The van der Waals surface area contributed by atoms with Crippen LogP contribution in [0.2, 0.25) is 15.1 Å². The van der Waals surface area contributed by atoms with E-state index in [4.69, 9.17) is 34.8 Å². The molecular weight excluding hydrogens is 512 g/mol. The van der Waals surface area contributed by atoms with Crippen LogP contribution in [0.4, 0.5) is 17.6 Å². The maximum Gasteiger partial charge on any atom is 0.400 e. The number of rotatable bonds is 6. The third-order valence-electron chi connectivity index (χ3n) is 4.12. The molecule has 2 aromatic carbocycles. The van der Waals surface area contributed by atoms with Gasteiger partial charge in [0.15, 0.2) is 5.78 Å². The number of halogens is 8. The van der Waals surface area contributed by atoms with E-state index in [0.717, 1.165) is 30.3 Å². The Bertz CT molecular complexity index is 916. The topological polar surface area (TPSA) is 46.5 Å². The fourth-order valence-electron chi connectivity index (χ4n) is 2.59. The molecule has 0 spiro atoms. The minimum absolute atomic E-state index is 0.0953. The van der Waals surface area contributed by atoms with Crippen LogP contribution in [0.3, 0.4) is 0 Å². The largest absolute Gasteiger partial charge is 0.400 e. The van der Waals surface area contributed by atoms with Crippen LogP contribution in [-0.2, 0) is 5.41 Å². The molecule has 11 heteroatoms. The number of benzene rings is 2. The number of ketones is 1. The summed E-state index contributed by atoms with van der Waals surface area (Å²) in [5, 5.41) is 1.68. The number of hydrogen-bond acceptors (Lipinski definition) is 3. The van der Waals surface area contributed by atoms with Crippen LogP contribution < -0.4 is 0 Å². The van der Waals surface area contributed by atoms with Crippen LogP contribution >= 0.6 is 50.7 Å². The van der Waals surface area contributed by atoms with Crippen LogP contribution in [-0.4, -0.2) is 18.5 Å². The normalized spacial score (nSPS) is 13.9. The zero-order valence-corrected chi connectivity index (χ0v) is 17.4. The molecule has 0 aliphatic carbocycles. The van der Waals surface area contributed by atoms with Gasteiger partial charge in [0.1, 0.15) is 11.2 Å². The third-order valence-corrected chi connectivity index (χ3v) is 5.92. The number of nitrogens with zero attached hydrogens (tertiary/aromatic N) is 1. The van der Waals surface area contributed by atoms with Gasteiger partial charge in [0.2, 0.25) is 0 Å². The van der Waals surface area contributed by atoms with E-state index in [9.17, 15) is 27.3 Å². The van der Waals surface area contributed by atoms with Gasteiger partial charge >= 0.3 is 6.18 Å². The van der Waals surface area contributed by atoms with Crippen LogP contribution in [0.15, 0.2) is 40.0 Å². The van der Waals surface area contributed by atoms with E-state index in [0.29, 0.717) is 0 Å². The van der Waals surface area contributed by atoms with Crippen molar-refractivity contribution in [1.29, 1.82) is 0 Å². The molecule has 0 aromatic heterocycles. The molecule has 1 unspecified atom stereocenters. The lowest BCUT2D eigenvalue weighted by molar-refractivity contribution is -0.187. The summed E-state index contributed by atoms with van der Waals surface area (Å²) >= 11 is 20.3. The molecular formula is C17H9BrCl3F4NO2. The zero-order valence-electron chi connectivity index (χ0n) is 13.6. The van der Waals surface area contributed by atoms with Gasteiger partial charge in [0.05, 0.1) is 26.1 Å². The number of alkyl halides is 3. The van der Waals surface area contributed by atoms with Gasteiger partial charge in [-0.1, -0.05) is 40.0 Å². The van der Waals surface area contributed by atoms with Crippen molar-refractivity contribution in [2.75, 3.05) is 6.54 Å². The van der Waals surface area contributed by atoms with E-state index >= 15 is 0 Å². The number of hydrogen-bond donors (Lipinski definition) is 0. The molecule has 0 bridgehead atoms. The highest BCUT2D eigenvalue weighted by atomic mass is 79.9. The minimum Gasteiger partial charge on any atom is -0.294 e. The quantitative estimate of drug-likeness (QED) is 0.172. The lowest BCUT2D eigenvalue weighted by atomic mass is 9.74. The summed E-state index contributed by atoms with van der Waals surface area (Å²) in [5.74, 6) is -1.67. The van der Waals surface area contributed by atoms with Crippen molar-refractivity contribution < 1.29 is 22.4 Å². The van der Waals surface area contributed by atoms with Gasteiger partial charge in [-0.05, 0) is 51.8 Å². The van der Waals surface area contributed by atoms with Crippen molar-refractivity contribution >= 4 is 56.5 Å². The van der Waals surface area contributed by atoms with Crippen molar-refractivity contribution in [3.63, 3.8) is 0 Å². The molecule has 0 radical (unpaired) electrons. The van der Waals surface area contributed by atoms with Crippen molar-refractivity contribution in [2.45, 2.75) is 18.0 Å². The molecule has 0 aliphatic heterocycles. The van der Waals surface area contributed by atoms with Crippen LogP contribution in [0.1, 0.15) is 22.3 Å². The molecule has 150 valence electrons. The number of Topliss-reactive ketones (excluding diaryl/α,β-unsaturated/α-hetero) is 1. The fraction of sp³-hybridized carbons (Fsp3) is 0.235. The van der Waals surface area contributed by atoms with Gasteiger partial charge < -0.3 is 0 Å². The van der Waals surface area contributed by atoms with Gasteiger partial charge in [-0.15, -0.1) is 0 Å². The Morgan fingerprint density at radius 1 is 1.07 bits per heavy atom. The molecule has 2 rings (SSSR count). The molecule has 28 heavy (non-hydrogen) atoms. The first-order chi connectivity index (χ1) is 12.9. The van der Waals surface area contributed by atoms with E-state index in [1.807, 2.05) is 0 Å². The first-order valence-electron chi connectivity index (χ1n) is 7.42. The zero-order chi connectivity index (χ0) is 21.3. The highest BCUT2D eigenvalue weighted by molar-refractivity contribution is 9.10. The van der Waals surface area contributed by atoms with E-state index in [2.05, 4.69) is 21.1 Å². The first-order valence-corrected chi connectivity index (χ1v) is 9.35. The van der Waals surface area contributed by atoms with Crippen LogP contribution in [0.25, 0.3) is 0 Å². The van der Waals surface area contributed by atoms with E-state index < -0.39 is 41.7 Å². The van der Waals surface area contributed by atoms with Gasteiger partial charge in [-0.25, -0.2) is 4.39 Å². The molecule has 0 amide bonds. The van der Waals surface area contributed by atoms with Crippen molar-refractivity contribution in [1.82, 2.24) is 0 Å². The Morgan fingerprint density at radius 3 is 2.11 bits per heavy atom. The third kappa shape index (κ3) is 4.50. The summed E-state index contributed by atoms with van der Waals surface area (Å²) in [5.41, 5.74) is -3.71. The molecule has 0 heterocycles. The lowest BCUT2D eigenvalue weighted by Gasteiger charge is -2.34. The standard InChI is InChI=1S/C17H9BrCl3F4NO2/c18-10-3-8(1-2-13(10)22)14(27)6-16(7-26-28,17(23,24)25)9-4-11(19)15(21)12(20)5-9/h1-5H,6-7H2. The Balaban J connectivity index is 2.63. The molecule has 0 fully saturated rings. The summed E-state index contributed by atoms with van der Waals surface area (Å²) in [4.78, 5) is 23.5. The maximum atomic E-state index is 14.1. The lowest BCUT2D eigenvalue weighted by Crippen LogP contribution is -2.46. The molecule has 0 saturated heterocycles. The maximum absolute atomic E-state index is 14.1. The average molecular weight is 522 g/mol. The minimum atomic E-state index is -5.06. The molecule has 3 nitrogen and oxygen atoms in total. The van der Waals surface area contributed by atoms with Gasteiger partial charge in [0.25, 0.3) is 0 Å². The van der Waals surface area contributed by atoms with Gasteiger partial charge in [-0.2, -0.15) is 18.1 Å². The average Bonchev–Trinajstić information content (AvgIpc) is 2.60. The Morgan fingerprint density at radius 2 is 1.64 bits per heavy atom. The predicted molar refractivity (Wildman–Crippen MR) is 103 cm³/mol. The van der Waals surface area contributed by atoms with Crippen LogP contribution in [0, 0.1) is 10.7 Å². The Kier molecular flexibility index (Phi) is 7.12. The SMILES string of the molecule is O=NCC(CC(=O)c1ccc(F)c(Br)c1)(c1cc(Cl)c(Cl)c(Cl)c1)C(F)(F)F. The summed E-state index contributed by atoms with van der Waals surface area (Å²) in [6, 6.07) is 4.81. The number of carbonyl (C=O) groups excluding carboxylic acids is 1. The van der Waals surface area contributed by atoms with Crippen molar-refractivity contribution in [3.8, 4) is 0 Å². The summed E-state index contributed by atoms with van der Waals surface area (Å²) in [7, 11) is 0. The number of nitroso groups, excluding NO2 is 1. The summed E-state index contributed by atoms with van der Waals surface area (Å²) in [6.45, 7) is -1.29. The first kappa shape index (κ1) is 23.1. The van der Waals surface area contributed by atoms with E-state index in [-0.39, 0.29) is 25.1 Å². The second-order valence-corrected chi connectivity index (χ2v) is 7.90. The van der Waals surface area contributed by atoms with Crippen molar-refractivity contribution in [2.24, 2.45) is 5.18 Å². The highest BCUT2D eigenvalue weighted by Gasteiger charge is 2.57. The Labute approximate surface area is 180 Å². The fourth-order valence-corrected chi connectivity index (χ4v) is 3.57.